The molecule has 2 nitrogen and oxygen atoms in total. The number of nitrogens with zero attached hydrogens (tertiary/aromatic N) is 1. The Morgan fingerprint density at radius 1 is 0.941 bits per heavy atom. The molecule has 3 heteroatoms. The fourth-order valence-electron chi connectivity index (χ4n) is 1.40. The number of hydrogen-bond donors (Lipinski definition) is 1. The summed E-state index contributed by atoms with van der Waals surface area (Å²) < 4.78 is 5.64. The minimum absolute atomic E-state index is 0.628. The number of hydrogen-bond acceptors (Lipinski definition) is 3. The van der Waals surface area contributed by atoms with Crippen molar-refractivity contribution >= 4 is 12.6 Å². The quantitative estimate of drug-likeness (QED) is 0.829. The van der Waals surface area contributed by atoms with Gasteiger partial charge in [0.25, 0.3) is 0 Å². The van der Waals surface area contributed by atoms with Crippen molar-refractivity contribution in [2.75, 3.05) is 0 Å². The predicted molar refractivity (Wildman–Crippen MR) is 70.4 cm³/mol. The lowest BCUT2D eigenvalue weighted by atomic mass is 10.2. The van der Waals surface area contributed by atoms with Crippen LogP contribution in [0.25, 0.3) is 0 Å². The van der Waals surface area contributed by atoms with Gasteiger partial charge in [-0.2, -0.15) is 17.9 Å². The lowest BCUT2D eigenvalue weighted by Gasteiger charge is -2.06. The molecule has 84 valence electrons. The molecule has 0 bridgehead atoms. The second-order valence-electron chi connectivity index (χ2n) is 3.54. The van der Waals surface area contributed by atoms with Gasteiger partial charge in [0.05, 0.1) is 11.6 Å². The summed E-state index contributed by atoms with van der Waals surface area (Å²) in [5.41, 5.74) is 1.78. The van der Waals surface area contributed by atoms with E-state index >= 15 is 0 Å². The predicted octanol–water partition coefficient (Wildman–Crippen LogP) is 3.78. The maximum atomic E-state index is 8.68. The fourth-order valence-corrected chi connectivity index (χ4v) is 1.61. The summed E-state index contributed by atoms with van der Waals surface area (Å²) >= 11 is 4.19. The molecule has 0 radical (unpaired) electrons. The average Bonchev–Trinajstić information content (AvgIpc) is 2.40. The second kappa shape index (κ2) is 5.42. The molecule has 2 aromatic rings. The van der Waals surface area contributed by atoms with Gasteiger partial charge in [-0.15, -0.1) is 0 Å². The van der Waals surface area contributed by atoms with Gasteiger partial charge in [0.1, 0.15) is 11.5 Å². The van der Waals surface area contributed by atoms with E-state index in [1.807, 2.05) is 24.3 Å². The highest BCUT2D eigenvalue weighted by atomic mass is 32.1. The van der Waals surface area contributed by atoms with E-state index < -0.39 is 0 Å². The molecule has 0 N–H and O–H groups in total. The normalized spacial score (nSPS) is 9.65. The maximum Gasteiger partial charge on any atom is 0.127 e. The van der Waals surface area contributed by atoms with Crippen LogP contribution in [0.1, 0.15) is 11.1 Å². The van der Waals surface area contributed by atoms with Crippen LogP contribution >= 0.6 is 12.6 Å². The Labute approximate surface area is 106 Å². The summed E-state index contributed by atoms with van der Waals surface area (Å²) in [5, 5.41) is 8.68. The largest absolute Gasteiger partial charge is 0.457 e. The van der Waals surface area contributed by atoms with Crippen molar-refractivity contribution in [1.29, 1.82) is 5.26 Å². The first-order valence-electron chi connectivity index (χ1n) is 5.19. The molecule has 0 aliphatic carbocycles. The first-order chi connectivity index (χ1) is 8.31. The molecule has 0 spiro atoms. The third kappa shape index (κ3) is 3.02. The summed E-state index contributed by atoms with van der Waals surface area (Å²) in [6.07, 6.45) is 0. The number of benzene rings is 2. The Hall–Kier alpha value is -1.92. The van der Waals surface area contributed by atoms with Crippen LogP contribution in [0, 0.1) is 11.3 Å². The third-order valence-electron chi connectivity index (χ3n) is 2.33. The molecular weight excluding hydrogens is 230 g/mol. The number of nitriles is 1. The van der Waals surface area contributed by atoms with Crippen LogP contribution in [0.2, 0.25) is 0 Å². The zero-order valence-corrected chi connectivity index (χ0v) is 10.0. The van der Waals surface area contributed by atoms with E-state index in [2.05, 4.69) is 18.7 Å². The van der Waals surface area contributed by atoms with Crippen molar-refractivity contribution in [2.45, 2.75) is 5.75 Å². The Kier molecular flexibility index (Phi) is 3.69. The average molecular weight is 241 g/mol. The van der Waals surface area contributed by atoms with Crippen LogP contribution in [0.3, 0.4) is 0 Å². The van der Waals surface area contributed by atoms with E-state index in [-0.39, 0.29) is 0 Å². The molecule has 0 fully saturated rings. The van der Waals surface area contributed by atoms with Gasteiger partial charge in [-0.05, 0) is 42.0 Å². The zero-order valence-electron chi connectivity index (χ0n) is 9.13. The Morgan fingerprint density at radius 2 is 1.47 bits per heavy atom. The van der Waals surface area contributed by atoms with Gasteiger partial charge in [-0.1, -0.05) is 12.1 Å². The number of ether oxygens (including phenoxy) is 1. The van der Waals surface area contributed by atoms with Gasteiger partial charge in [0, 0.05) is 5.75 Å². The topological polar surface area (TPSA) is 33.0 Å². The molecule has 0 saturated carbocycles. The molecule has 2 rings (SSSR count). The lowest BCUT2D eigenvalue weighted by Crippen LogP contribution is -1.85. The summed E-state index contributed by atoms with van der Waals surface area (Å²) in [4.78, 5) is 0. The molecule has 0 atom stereocenters. The third-order valence-corrected chi connectivity index (χ3v) is 2.69. The first kappa shape index (κ1) is 11.6. The molecule has 0 aliphatic rings. The maximum absolute atomic E-state index is 8.68. The van der Waals surface area contributed by atoms with Crippen molar-refractivity contribution in [3.63, 3.8) is 0 Å². The molecule has 0 amide bonds. The second-order valence-corrected chi connectivity index (χ2v) is 3.86. The van der Waals surface area contributed by atoms with Crippen molar-refractivity contribution in [1.82, 2.24) is 0 Å². The lowest BCUT2D eigenvalue weighted by molar-refractivity contribution is 0.482. The van der Waals surface area contributed by atoms with Gasteiger partial charge in [-0.3, -0.25) is 0 Å². The van der Waals surface area contributed by atoms with Crippen molar-refractivity contribution in [2.24, 2.45) is 0 Å². The van der Waals surface area contributed by atoms with E-state index in [1.54, 1.807) is 24.3 Å². The fraction of sp³-hybridized carbons (Fsp3) is 0.0714. The van der Waals surface area contributed by atoms with Gasteiger partial charge < -0.3 is 4.74 Å². The smallest absolute Gasteiger partial charge is 0.127 e. The van der Waals surface area contributed by atoms with Gasteiger partial charge >= 0.3 is 0 Å². The zero-order chi connectivity index (χ0) is 12.1. The molecule has 0 unspecified atom stereocenters. The SMILES string of the molecule is N#Cc1ccc(Oc2ccc(CS)cc2)cc1. The molecular formula is C14H11NOS. The van der Waals surface area contributed by atoms with Crippen molar-refractivity contribution in [3.05, 3.63) is 59.7 Å². The van der Waals surface area contributed by atoms with Crippen LogP contribution < -0.4 is 4.74 Å². The Morgan fingerprint density at radius 3 is 1.94 bits per heavy atom. The monoisotopic (exact) mass is 241 g/mol. The molecule has 0 aliphatic heterocycles. The highest BCUT2D eigenvalue weighted by Crippen LogP contribution is 2.22. The summed E-state index contributed by atoms with van der Waals surface area (Å²) in [6, 6.07) is 16.9. The Balaban J connectivity index is 2.11. The van der Waals surface area contributed by atoms with E-state index in [1.165, 1.54) is 0 Å². The molecule has 0 heterocycles. The van der Waals surface area contributed by atoms with Crippen LogP contribution in [0.15, 0.2) is 48.5 Å². The van der Waals surface area contributed by atoms with Crippen LogP contribution in [0.5, 0.6) is 11.5 Å². The summed E-state index contributed by atoms with van der Waals surface area (Å²) in [7, 11) is 0. The molecule has 0 aromatic heterocycles. The molecule has 0 saturated heterocycles. The van der Waals surface area contributed by atoms with E-state index in [0.29, 0.717) is 5.56 Å². The van der Waals surface area contributed by atoms with Crippen molar-refractivity contribution in [3.8, 4) is 17.6 Å². The highest BCUT2D eigenvalue weighted by molar-refractivity contribution is 7.79. The Bertz CT molecular complexity index is 526. The van der Waals surface area contributed by atoms with E-state index in [0.717, 1.165) is 22.8 Å². The van der Waals surface area contributed by atoms with Crippen LogP contribution in [-0.4, -0.2) is 0 Å². The number of thiol groups is 1. The minimum atomic E-state index is 0.628. The van der Waals surface area contributed by atoms with Crippen LogP contribution in [-0.2, 0) is 5.75 Å². The van der Waals surface area contributed by atoms with Gasteiger partial charge in [0.2, 0.25) is 0 Å². The van der Waals surface area contributed by atoms with Crippen LogP contribution in [0.4, 0.5) is 0 Å². The van der Waals surface area contributed by atoms with E-state index in [9.17, 15) is 0 Å². The summed E-state index contributed by atoms with van der Waals surface area (Å²) in [5.74, 6) is 2.22. The highest BCUT2D eigenvalue weighted by Gasteiger charge is 1.98. The first-order valence-corrected chi connectivity index (χ1v) is 5.83. The van der Waals surface area contributed by atoms with Crippen molar-refractivity contribution < 1.29 is 4.74 Å². The standard InChI is InChI=1S/C14H11NOS/c15-9-11-1-5-13(6-2-11)16-14-7-3-12(10-17)4-8-14/h1-8,17H,10H2. The number of rotatable bonds is 3. The van der Waals surface area contributed by atoms with E-state index in [4.69, 9.17) is 10.00 Å². The van der Waals surface area contributed by atoms with Gasteiger partial charge in [0.15, 0.2) is 0 Å². The van der Waals surface area contributed by atoms with Gasteiger partial charge in [-0.25, -0.2) is 0 Å². The summed E-state index contributed by atoms with van der Waals surface area (Å²) in [6.45, 7) is 0. The molecule has 17 heavy (non-hydrogen) atoms. The minimum Gasteiger partial charge on any atom is -0.457 e. The molecule has 2 aromatic carbocycles.